The van der Waals surface area contributed by atoms with Crippen LogP contribution in [0.2, 0.25) is 0 Å². The van der Waals surface area contributed by atoms with Crippen LogP contribution in [0.25, 0.3) is 0 Å². The van der Waals surface area contributed by atoms with Gasteiger partial charge < -0.3 is 10.8 Å². The fourth-order valence-corrected chi connectivity index (χ4v) is 0.224. The van der Waals surface area contributed by atoms with Crippen LogP contribution in [0.5, 0.6) is 0 Å². The van der Waals surface area contributed by atoms with E-state index < -0.39 is 6.10 Å². The Bertz CT molecular complexity index is 96.6. The molecule has 0 radical (unpaired) electrons. The Morgan fingerprint density at radius 3 is 2.75 bits per heavy atom. The fourth-order valence-electron chi connectivity index (χ4n) is 0.224. The van der Waals surface area contributed by atoms with Gasteiger partial charge in [0, 0.05) is 18.6 Å². The summed E-state index contributed by atoms with van der Waals surface area (Å²) in [5, 5.41) is 8.55. The van der Waals surface area contributed by atoms with Gasteiger partial charge in [0.05, 0.1) is 6.10 Å². The van der Waals surface area contributed by atoms with Gasteiger partial charge >= 0.3 is 0 Å². The minimum Gasteiger partial charge on any atom is -0.403 e. The number of hydrogen-bond acceptors (Lipinski definition) is 3. The predicted molar refractivity (Wildman–Crippen MR) is 33.5 cm³/mol. The minimum absolute atomic E-state index is 0.494. The summed E-state index contributed by atoms with van der Waals surface area (Å²) in [5.74, 6) is 0. The second-order valence-corrected chi connectivity index (χ2v) is 1.38. The Morgan fingerprint density at radius 1 is 1.75 bits per heavy atom. The van der Waals surface area contributed by atoms with Gasteiger partial charge in [0.25, 0.3) is 0 Å². The first-order chi connectivity index (χ1) is 3.77. The summed E-state index contributed by atoms with van der Waals surface area (Å²) in [6.45, 7) is 1.62. The normalized spacial score (nSPS) is 15.8. The molecule has 1 atom stereocenters. The maximum absolute atomic E-state index is 8.55. The van der Waals surface area contributed by atoms with E-state index in [2.05, 4.69) is 4.99 Å². The SMILES string of the molecule is CC(O)/C=N\C=C/N. The highest BCUT2D eigenvalue weighted by molar-refractivity contribution is 5.62. The number of hydrogen-bond donors (Lipinski definition) is 2. The fraction of sp³-hybridized carbons (Fsp3) is 0.400. The predicted octanol–water partition coefficient (Wildman–Crippen LogP) is -0.132. The molecule has 0 fully saturated rings. The summed E-state index contributed by atoms with van der Waals surface area (Å²) in [5.41, 5.74) is 4.94. The van der Waals surface area contributed by atoms with Crippen molar-refractivity contribution in [3.63, 3.8) is 0 Å². The molecule has 0 aliphatic heterocycles. The zero-order valence-electron chi connectivity index (χ0n) is 4.78. The maximum atomic E-state index is 8.55. The number of nitrogens with zero attached hydrogens (tertiary/aromatic N) is 1. The molecular formula is C5H10N2O. The van der Waals surface area contributed by atoms with Crippen LogP contribution >= 0.6 is 0 Å². The van der Waals surface area contributed by atoms with E-state index in [1.54, 1.807) is 6.92 Å². The van der Waals surface area contributed by atoms with Crippen molar-refractivity contribution >= 4 is 6.21 Å². The van der Waals surface area contributed by atoms with Crippen LogP contribution in [0.1, 0.15) is 6.92 Å². The Hall–Kier alpha value is -0.830. The molecular weight excluding hydrogens is 104 g/mol. The number of rotatable bonds is 2. The summed E-state index contributed by atoms with van der Waals surface area (Å²) >= 11 is 0. The summed E-state index contributed by atoms with van der Waals surface area (Å²) < 4.78 is 0. The third kappa shape index (κ3) is 5.17. The first-order valence-electron chi connectivity index (χ1n) is 2.35. The summed E-state index contributed by atoms with van der Waals surface area (Å²) in [4.78, 5) is 3.61. The third-order valence-electron chi connectivity index (χ3n) is 0.474. The average molecular weight is 114 g/mol. The van der Waals surface area contributed by atoms with Crippen LogP contribution < -0.4 is 5.73 Å². The molecule has 0 bridgehead atoms. The molecule has 0 rings (SSSR count). The number of nitrogens with two attached hydrogens (primary N) is 1. The summed E-state index contributed by atoms with van der Waals surface area (Å²) in [6.07, 6.45) is 3.61. The van der Waals surface area contributed by atoms with E-state index in [1.807, 2.05) is 0 Å². The van der Waals surface area contributed by atoms with Crippen molar-refractivity contribution in [2.45, 2.75) is 13.0 Å². The lowest BCUT2D eigenvalue weighted by atomic mass is 10.5. The van der Waals surface area contributed by atoms with Crippen molar-refractivity contribution in [1.82, 2.24) is 0 Å². The van der Waals surface area contributed by atoms with E-state index in [9.17, 15) is 0 Å². The highest BCUT2D eigenvalue weighted by Crippen LogP contribution is 1.73. The lowest BCUT2D eigenvalue weighted by molar-refractivity contribution is 0.267. The van der Waals surface area contributed by atoms with Gasteiger partial charge in [0.15, 0.2) is 0 Å². The molecule has 0 heterocycles. The van der Waals surface area contributed by atoms with Crippen molar-refractivity contribution in [2.75, 3.05) is 0 Å². The van der Waals surface area contributed by atoms with Gasteiger partial charge in [-0.15, -0.1) is 0 Å². The van der Waals surface area contributed by atoms with Crippen molar-refractivity contribution in [3.8, 4) is 0 Å². The second kappa shape index (κ2) is 4.33. The molecule has 1 unspecified atom stereocenters. The molecule has 0 saturated carbocycles. The van der Waals surface area contributed by atoms with Crippen LogP contribution in [0.15, 0.2) is 17.4 Å². The molecule has 0 aromatic carbocycles. The smallest absolute Gasteiger partial charge is 0.0863 e. The zero-order chi connectivity index (χ0) is 6.41. The van der Waals surface area contributed by atoms with Crippen LogP contribution in [0.4, 0.5) is 0 Å². The number of aliphatic hydroxyl groups is 1. The maximum Gasteiger partial charge on any atom is 0.0863 e. The lowest BCUT2D eigenvalue weighted by Gasteiger charge is -1.87. The molecule has 3 nitrogen and oxygen atoms in total. The third-order valence-corrected chi connectivity index (χ3v) is 0.474. The number of aliphatic hydroxyl groups excluding tert-OH is 1. The van der Waals surface area contributed by atoms with Crippen molar-refractivity contribution in [1.29, 1.82) is 0 Å². The van der Waals surface area contributed by atoms with Gasteiger partial charge in [-0.3, -0.25) is 4.99 Å². The largest absolute Gasteiger partial charge is 0.403 e. The van der Waals surface area contributed by atoms with Crippen LogP contribution in [-0.2, 0) is 0 Å². The van der Waals surface area contributed by atoms with Gasteiger partial charge in [-0.05, 0) is 6.92 Å². The van der Waals surface area contributed by atoms with Crippen molar-refractivity contribution in [2.24, 2.45) is 10.7 Å². The summed E-state index contributed by atoms with van der Waals surface area (Å²) in [6, 6.07) is 0. The molecule has 0 spiro atoms. The van der Waals surface area contributed by atoms with Crippen LogP contribution in [0.3, 0.4) is 0 Å². The van der Waals surface area contributed by atoms with Crippen LogP contribution in [0, 0.1) is 0 Å². The van der Waals surface area contributed by atoms with E-state index in [0.29, 0.717) is 0 Å². The molecule has 0 saturated heterocycles. The number of aliphatic imine (C=N–C) groups is 1. The molecule has 0 aromatic heterocycles. The van der Waals surface area contributed by atoms with E-state index in [1.165, 1.54) is 18.6 Å². The quantitative estimate of drug-likeness (QED) is 0.491. The zero-order valence-corrected chi connectivity index (χ0v) is 4.78. The highest BCUT2D eigenvalue weighted by atomic mass is 16.3. The monoisotopic (exact) mass is 114 g/mol. The Morgan fingerprint density at radius 2 is 2.38 bits per heavy atom. The first kappa shape index (κ1) is 7.17. The van der Waals surface area contributed by atoms with Crippen molar-refractivity contribution in [3.05, 3.63) is 12.4 Å². The molecule has 0 amide bonds. The molecule has 0 aliphatic carbocycles. The molecule has 8 heavy (non-hydrogen) atoms. The standard InChI is InChI=1S/C5H10N2O/c1-5(8)4-7-3-2-6/h2-5,8H,6H2,1H3/b3-2-,7-4-. The van der Waals surface area contributed by atoms with Crippen LogP contribution in [-0.4, -0.2) is 17.4 Å². The van der Waals surface area contributed by atoms with Gasteiger partial charge in [0.2, 0.25) is 0 Å². The van der Waals surface area contributed by atoms with E-state index in [0.717, 1.165) is 0 Å². The highest BCUT2D eigenvalue weighted by Gasteiger charge is 1.81. The average Bonchev–Trinajstić information content (AvgIpc) is 1.66. The minimum atomic E-state index is -0.494. The Labute approximate surface area is 48.5 Å². The molecule has 0 aromatic rings. The Kier molecular flexibility index (Phi) is 3.88. The van der Waals surface area contributed by atoms with Gasteiger partial charge in [-0.2, -0.15) is 0 Å². The van der Waals surface area contributed by atoms with E-state index in [4.69, 9.17) is 10.8 Å². The molecule has 46 valence electrons. The Balaban J connectivity index is 3.34. The van der Waals surface area contributed by atoms with Gasteiger partial charge in [-0.1, -0.05) is 0 Å². The topological polar surface area (TPSA) is 58.6 Å². The van der Waals surface area contributed by atoms with Crippen molar-refractivity contribution < 1.29 is 5.11 Å². The first-order valence-corrected chi connectivity index (χ1v) is 2.35. The molecule has 3 N–H and O–H groups in total. The molecule has 3 heteroatoms. The van der Waals surface area contributed by atoms with E-state index in [-0.39, 0.29) is 0 Å². The molecule has 0 aliphatic rings. The van der Waals surface area contributed by atoms with E-state index >= 15 is 0 Å². The van der Waals surface area contributed by atoms with Gasteiger partial charge in [-0.25, -0.2) is 0 Å². The van der Waals surface area contributed by atoms with Gasteiger partial charge in [0.1, 0.15) is 0 Å². The lowest BCUT2D eigenvalue weighted by Crippen LogP contribution is -1.98. The second-order valence-electron chi connectivity index (χ2n) is 1.38. The summed E-state index contributed by atoms with van der Waals surface area (Å²) in [7, 11) is 0.